The van der Waals surface area contributed by atoms with Crippen LogP contribution in [0, 0.1) is 10.1 Å². The summed E-state index contributed by atoms with van der Waals surface area (Å²) in [7, 11) is 1.38. The summed E-state index contributed by atoms with van der Waals surface area (Å²) in [5.74, 6) is 0.621. The van der Waals surface area contributed by atoms with Crippen LogP contribution in [0.2, 0.25) is 0 Å². The second-order valence-electron chi connectivity index (χ2n) is 5.28. The van der Waals surface area contributed by atoms with E-state index in [-0.39, 0.29) is 17.2 Å². The minimum atomic E-state index is -0.506. The normalized spacial score (nSPS) is 15.4. The third-order valence-electron chi connectivity index (χ3n) is 3.79. The van der Waals surface area contributed by atoms with Crippen molar-refractivity contribution in [3.8, 4) is 11.5 Å². The van der Waals surface area contributed by atoms with Gasteiger partial charge in [0.25, 0.3) is 0 Å². The molecule has 0 saturated heterocycles. The highest BCUT2D eigenvalue weighted by Gasteiger charge is 2.21. The smallest absolute Gasteiger partial charge is 0.311 e. The Morgan fingerprint density at radius 1 is 1.25 bits per heavy atom. The van der Waals surface area contributed by atoms with Crippen molar-refractivity contribution < 1.29 is 19.2 Å². The number of methoxy groups -OCH3 is 1. The Hall–Kier alpha value is -3.15. The minimum absolute atomic E-state index is 0.124. The Labute approximate surface area is 138 Å². The zero-order valence-corrected chi connectivity index (χ0v) is 13.0. The molecule has 24 heavy (non-hydrogen) atoms. The van der Waals surface area contributed by atoms with Crippen LogP contribution < -0.4 is 9.47 Å². The number of carbonyl (C=O) groups excluding carboxylic acids is 1. The molecule has 0 saturated carbocycles. The van der Waals surface area contributed by atoms with Gasteiger partial charge in [0.2, 0.25) is 0 Å². The second-order valence-corrected chi connectivity index (χ2v) is 5.28. The molecule has 0 spiro atoms. The molecule has 6 heteroatoms. The molecule has 1 aliphatic rings. The van der Waals surface area contributed by atoms with Gasteiger partial charge in [-0.05, 0) is 29.8 Å². The molecule has 122 valence electrons. The van der Waals surface area contributed by atoms with Crippen LogP contribution >= 0.6 is 0 Å². The molecule has 2 aromatic carbocycles. The lowest BCUT2D eigenvalue weighted by Crippen LogP contribution is -2.02. The molecular formula is C18H15NO5. The van der Waals surface area contributed by atoms with Crippen LogP contribution in [-0.4, -0.2) is 24.4 Å². The summed E-state index contributed by atoms with van der Waals surface area (Å²) in [5.41, 5.74) is 1.50. The van der Waals surface area contributed by atoms with Gasteiger partial charge >= 0.3 is 5.69 Å². The number of fused-ring (bicyclic) bond motifs is 1. The molecule has 0 aromatic heterocycles. The highest BCUT2D eigenvalue weighted by Crippen LogP contribution is 2.31. The van der Waals surface area contributed by atoms with Crippen LogP contribution in [0.5, 0.6) is 11.5 Å². The van der Waals surface area contributed by atoms with Crippen molar-refractivity contribution in [2.24, 2.45) is 0 Å². The summed E-state index contributed by atoms with van der Waals surface area (Å²) >= 11 is 0. The SMILES string of the molecule is COc1ccc(C=C2CCOc3ccccc3C2=O)cc1[N+](=O)[O-]. The first-order valence-corrected chi connectivity index (χ1v) is 7.39. The number of rotatable bonds is 3. The van der Waals surface area contributed by atoms with Crippen LogP contribution in [0.1, 0.15) is 22.3 Å². The van der Waals surface area contributed by atoms with Crippen LogP contribution in [0.25, 0.3) is 6.08 Å². The molecule has 0 atom stereocenters. The molecule has 6 nitrogen and oxygen atoms in total. The van der Waals surface area contributed by atoms with E-state index >= 15 is 0 Å². The van der Waals surface area contributed by atoms with Gasteiger partial charge in [0.1, 0.15) is 5.75 Å². The quantitative estimate of drug-likeness (QED) is 0.489. The fourth-order valence-electron chi connectivity index (χ4n) is 2.62. The Bertz CT molecular complexity index is 841. The van der Waals surface area contributed by atoms with Gasteiger partial charge < -0.3 is 9.47 Å². The average molecular weight is 325 g/mol. The standard InChI is InChI=1S/C18H15NO5/c1-23-17-7-6-12(11-15(17)19(21)22)10-13-8-9-24-16-5-3-2-4-14(16)18(13)20/h2-7,10-11H,8-9H2,1H3. The summed E-state index contributed by atoms with van der Waals surface area (Å²) in [6.45, 7) is 0.382. The van der Waals surface area contributed by atoms with E-state index < -0.39 is 4.92 Å². The van der Waals surface area contributed by atoms with E-state index in [4.69, 9.17) is 9.47 Å². The van der Waals surface area contributed by atoms with Gasteiger partial charge in [-0.2, -0.15) is 0 Å². The first kappa shape index (κ1) is 15.7. The third-order valence-corrected chi connectivity index (χ3v) is 3.79. The van der Waals surface area contributed by atoms with Gasteiger partial charge in [-0.15, -0.1) is 0 Å². The number of nitrogens with zero attached hydrogens (tertiary/aromatic N) is 1. The number of hydrogen-bond acceptors (Lipinski definition) is 5. The zero-order valence-electron chi connectivity index (χ0n) is 13.0. The molecule has 0 amide bonds. The molecular weight excluding hydrogens is 310 g/mol. The topological polar surface area (TPSA) is 78.7 Å². The van der Waals surface area contributed by atoms with E-state index in [2.05, 4.69) is 0 Å². The maximum absolute atomic E-state index is 12.7. The fourth-order valence-corrected chi connectivity index (χ4v) is 2.62. The van der Waals surface area contributed by atoms with Crippen LogP contribution in [0.3, 0.4) is 0 Å². The second kappa shape index (κ2) is 6.54. The molecule has 0 radical (unpaired) electrons. The van der Waals surface area contributed by atoms with Gasteiger partial charge in [-0.3, -0.25) is 14.9 Å². The van der Waals surface area contributed by atoms with Crippen LogP contribution in [-0.2, 0) is 0 Å². The number of nitro benzene ring substituents is 1. The lowest BCUT2D eigenvalue weighted by molar-refractivity contribution is -0.385. The predicted molar refractivity (Wildman–Crippen MR) is 88.5 cm³/mol. The molecule has 1 heterocycles. The molecule has 0 unspecified atom stereocenters. The number of carbonyl (C=O) groups is 1. The number of benzene rings is 2. The first-order chi connectivity index (χ1) is 11.6. The van der Waals surface area contributed by atoms with Crippen molar-refractivity contribution in [3.05, 3.63) is 69.3 Å². The van der Waals surface area contributed by atoms with Crippen molar-refractivity contribution in [2.75, 3.05) is 13.7 Å². The van der Waals surface area contributed by atoms with E-state index in [1.807, 2.05) is 6.07 Å². The number of ether oxygens (including phenoxy) is 2. The van der Waals surface area contributed by atoms with E-state index in [0.717, 1.165) is 0 Å². The van der Waals surface area contributed by atoms with Crippen LogP contribution in [0.15, 0.2) is 48.0 Å². The third kappa shape index (κ3) is 2.99. The Morgan fingerprint density at radius 3 is 2.79 bits per heavy atom. The number of para-hydroxylation sites is 1. The molecule has 1 aliphatic heterocycles. The van der Waals surface area contributed by atoms with Crippen molar-refractivity contribution in [2.45, 2.75) is 6.42 Å². The highest BCUT2D eigenvalue weighted by molar-refractivity contribution is 6.13. The van der Waals surface area contributed by atoms with Crippen molar-refractivity contribution in [1.29, 1.82) is 0 Å². The summed E-state index contributed by atoms with van der Waals surface area (Å²) in [5, 5.41) is 11.1. The van der Waals surface area contributed by atoms with E-state index in [1.165, 1.54) is 19.2 Å². The van der Waals surface area contributed by atoms with Crippen LogP contribution in [0.4, 0.5) is 5.69 Å². The van der Waals surface area contributed by atoms with Gasteiger partial charge in [-0.25, -0.2) is 0 Å². The van der Waals surface area contributed by atoms with E-state index in [9.17, 15) is 14.9 Å². The molecule has 2 aromatic rings. The van der Waals surface area contributed by atoms with Crippen molar-refractivity contribution >= 4 is 17.5 Å². The summed E-state index contributed by atoms with van der Waals surface area (Å²) in [6.07, 6.45) is 2.10. The summed E-state index contributed by atoms with van der Waals surface area (Å²) in [6, 6.07) is 11.7. The largest absolute Gasteiger partial charge is 0.492 e. The highest BCUT2D eigenvalue weighted by atomic mass is 16.6. The molecule has 0 N–H and O–H groups in total. The number of Topliss-reactive ketones (excluding diaryl/α,β-unsaturated/α-hetero) is 1. The first-order valence-electron chi connectivity index (χ1n) is 7.39. The lowest BCUT2D eigenvalue weighted by atomic mass is 9.99. The molecule has 0 fully saturated rings. The van der Waals surface area contributed by atoms with Gasteiger partial charge in [0, 0.05) is 18.1 Å². The Kier molecular flexibility index (Phi) is 4.29. The van der Waals surface area contributed by atoms with E-state index in [1.54, 1.807) is 30.3 Å². The maximum Gasteiger partial charge on any atom is 0.311 e. The summed E-state index contributed by atoms with van der Waals surface area (Å²) < 4.78 is 10.6. The minimum Gasteiger partial charge on any atom is -0.492 e. The van der Waals surface area contributed by atoms with Gasteiger partial charge in [-0.1, -0.05) is 18.2 Å². The number of hydrogen-bond donors (Lipinski definition) is 0. The molecule has 3 rings (SSSR count). The van der Waals surface area contributed by atoms with E-state index in [0.29, 0.717) is 35.5 Å². The predicted octanol–water partition coefficient (Wildman–Crippen LogP) is 3.65. The number of nitro groups is 1. The lowest BCUT2D eigenvalue weighted by Gasteiger charge is -2.05. The monoisotopic (exact) mass is 325 g/mol. The number of ketones is 1. The fraction of sp³-hybridized carbons (Fsp3) is 0.167. The molecule has 0 aliphatic carbocycles. The maximum atomic E-state index is 12.7. The zero-order chi connectivity index (χ0) is 17.1. The Balaban J connectivity index is 2.01. The Morgan fingerprint density at radius 2 is 2.04 bits per heavy atom. The van der Waals surface area contributed by atoms with Gasteiger partial charge in [0.15, 0.2) is 11.5 Å². The van der Waals surface area contributed by atoms with Crippen molar-refractivity contribution in [3.63, 3.8) is 0 Å². The van der Waals surface area contributed by atoms with Gasteiger partial charge in [0.05, 0.1) is 24.2 Å². The molecule has 0 bridgehead atoms. The average Bonchev–Trinajstić information content (AvgIpc) is 2.75. The summed E-state index contributed by atoms with van der Waals surface area (Å²) in [4.78, 5) is 23.3. The van der Waals surface area contributed by atoms with Crippen molar-refractivity contribution in [1.82, 2.24) is 0 Å².